The molecule has 0 aliphatic carbocycles. The van der Waals surface area contributed by atoms with E-state index in [-0.39, 0.29) is 24.5 Å². The molecule has 7 nitrogen and oxygen atoms in total. The number of nitrogens with two attached hydrogens (primary N) is 1. The third-order valence-electron chi connectivity index (χ3n) is 5.92. The second-order valence-corrected chi connectivity index (χ2v) is 8.78. The Hall–Kier alpha value is -3.85. The fourth-order valence-electron chi connectivity index (χ4n) is 4.20. The molecule has 33 heavy (non-hydrogen) atoms. The van der Waals surface area contributed by atoms with Gasteiger partial charge in [-0.1, -0.05) is 36.4 Å². The highest BCUT2D eigenvalue weighted by Crippen LogP contribution is 2.30. The molecule has 2 aromatic carbocycles. The van der Waals surface area contributed by atoms with Crippen LogP contribution in [0.1, 0.15) is 11.1 Å². The summed E-state index contributed by atoms with van der Waals surface area (Å²) in [5.41, 5.74) is 8.47. The molecule has 1 aliphatic rings. The zero-order valence-electron chi connectivity index (χ0n) is 17.4. The van der Waals surface area contributed by atoms with Gasteiger partial charge in [-0.15, -0.1) is 11.3 Å². The monoisotopic (exact) mass is 462 g/mol. The van der Waals surface area contributed by atoms with Crippen LogP contribution in [-0.4, -0.2) is 32.3 Å². The lowest BCUT2D eigenvalue weighted by molar-refractivity contribution is -0.141. The number of hydrogen-bond donors (Lipinski definition) is 1. The lowest BCUT2D eigenvalue weighted by Crippen LogP contribution is -2.52. The molecule has 2 aromatic heterocycles. The second-order valence-electron chi connectivity index (χ2n) is 7.93. The molecule has 0 fully saturated rings. The molecular weight excluding hydrogens is 443 g/mol. The minimum Gasteiger partial charge on any atom is -0.368 e. The average Bonchev–Trinajstić information content (AvgIpc) is 3.25. The molecular formula is C24H19FN4O3S. The van der Waals surface area contributed by atoms with Crippen LogP contribution < -0.4 is 11.3 Å². The van der Waals surface area contributed by atoms with Crippen LogP contribution in [0.4, 0.5) is 4.39 Å². The van der Waals surface area contributed by atoms with Crippen molar-refractivity contribution in [2.24, 2.45) is 5.73 Å². The maximum Gasteiger partial charge on any atom is 0.263 e. The Morgan fingerprint density at radius 1 is 1.12 bits per heavy atom. The van der Waals surface area contributed by atoms with Gasteiger partial charge in [0.25, 0.3) is 5.56 Å². The molecule has 0 saturated heterocycles. The third kappa shape index (κ3) is 3.80. The first-order chi connectivity index (χ1) is 15.9. The van der Waals surface area contributed by atoms with Gasteiger partial charge in [0, 0.05) is 23.9 Å². The van der Waals surface area contributed by atoms with Crippen molar-refractivity contribution >= 4 is 33.4 Å². The maximum absolute atomic E-state index is 13.3. The summed E-state index contributed by atoms with van der Waals surface area (Å²) in [6, 6.07) is 12.7. The van der Waals surface area contributed by atoms with Crippen LogP contribution in [0.25, 0.3) is 21.3 Å². The Bertz CT molecular complexity index is 1440. The van der Waals surface area contributed by atoms with Crippen molar-refractivity contribution in [3.8, 4) is 11.1 Å². The number of rotatable bonds is 4. The molecule has 1 atom stereocenters. The van der Waals surface area contributed by atoms with Crippen LogP contribution in [0.2, 0.25) is 0 Å². The largest absolute Gasteiger partial charge is 0.368 e. The molecule has 0 spiro atoms. The number of fused-ring (bicyclic) bond motifs is 2. The Balaban J connectivity index is 1.49. The highest BCUT2D eigenvalue weighted by atomic mass is 32.1. The number of aromatic nitrogens is 2. The fraction of sp³-hybridized carbons (Fsp3) is 0.167. The topological polar surface area (TPSA) is 98.3 Å². The number of primary amides is 1. The Kier molecular flexibility index (Phi) is 5.26. The molecule has 0 saturated carbocycles. The average molecular weight is 463 g/mol. The molecule has 2 N–H and O–H groups in total. The molecule has 0 radical (unpaired) electrons. The van der Waals surface area contributed by atoms with E-state index < -0.39 is 17.9 Å². The molecule has 9 heteroatoms. The summed E-state index contributed by atoms with van der Waals surface area (Å²) in [6.07, 6.45) is 1.67. The number of hydrogen-bond acceptors (Lipinski definition) is 5. The Morgan fingerprint density at radius 2 is 1.85 bits per heavy atom. The van der Waals surface area contributed by atoms with E-state index in [0.717, 1.165) is 11.1 Å². The standard InChI is InChI=1S/C24H19FN4O3S/c25-17-7-5-14(6-8-17)18-12-33-23-21(18)24(32)28(13-27-23)11-20(30)29-10-16-4-2-1-3-15(16)9-19(29)22(26)31/h1-8,12-13,19H,9-11H2,(H2,26,31)/t19-/m1/s1. The first-order valence-corrected chi connectivity index (χ1v) is 11.2. The van der Waals surface area contributed by atoms with E-state index in [0.29, 0.717) is 27.8 Å². The predicted molar refractivity (Wildman–Crippen MR) is 123 cm³/mol. The van der Waals surface area contributed by atoms with E-state index in [1.54, 1.807) is 17.5 Å². The molecule has 1 aliphatic heterocycles. The van der Waals surface area contributed by atoms with Gasteiger partial charge in [-0.2, -0.15) is 0 Å². The van der Waals surface area contributed by atoms with E-state index in [9.17, 15) is 18.8 Å². The van der Waals surface area contributed by atoms with Crippen LogP contribution in [0, 0.1) is 5.82 Å². The SMILES string of the molecule is NC(=O)[C@H]1Cc2ccccc2CN1C(=O)Cn1cnc2scc(-c3ccc(F)cc3)c2c1=O. The van der Waals surface area contributed by atoms with Crippen molar-refractivity contribution in [3.05, 3.63) is 87.5 Å². The van der Waals surface area contributed by atoms with Gasteiger partial charge in [-0.3, -0.25) is 19.0 Å². The smallest absolute Gasteiger partial charge is 0.263 e. The quantitative estimate of drug-likeness (QED) is 0.504. The van der Waals surface area contributed by atoms with Gasteiger partial charge < -0.3 is 10.6 Å². The van der Waals surface area contributed by atoms with E-state index >= 15 is 0 Å². The first-order valence-electron chi connectivity index (χ1n) is 10.3. The number of benzene rings is 2. The summed E-state index contributed by atoms with van der Waals surface area (Å²) in [4.78, 5) is 44.9. The lowest BCUT2D eigenvalue weighted by atomic mass is 9.93. The van der Waals surface area contributed by atoms with Crippen molar-refractivity contribution < 1.29 is 14.0 Å². The van der Waals surface area contributed by atoms with Gasteiger partial charge in [0.1, 0.15) is 23.2 Å². The number of halogens is 1. The highest BCUT2D eigenvalue weighted by Gasteiger charge is 2.33. The van der Waals surface area contributed by atoms with Crippen molar-refractivity contribution in [1.29, 1.82) is 0 Å². The first kappa shape index (κ1) is 21.0. The number of carbonyl (C=O) groups is 2. The van der Waals surface area contributed by atoms with Crippen LogP contribution in [0.5, 0.6) is 0 Å². The van der Waals surface area contributed by atoms with Crippen LogP contribution in [0.15, 0.2) is 65.0 Å². The van der Waals surface area contributed by atoms with E-state index in [2.05, 4.69) is 4.98 Å². The fourth-order valence-corrected chi connectivity index (χ4v) is 5.10. The summed E-state index contributed by atoms with van der Waals surface area (Å²) in [6.45, 7) is -0.0290. The van der Waals surface area contributed by atoms with Crippen molar-refractivity contribution in [2.75, 3.05) is 0 Å². The molecule has 0 unspecified atom stereocenters. The molecule has 3 heterocycles. The van der Waals surface area contributed by atoms with Gasteiger partial charge in [-0.05, 0) is 28.8 Å². The summed E-state index contributed by atoms with van der Waals surface area (Å²) >= 11 is 1.30. The van der Waals surface area contributed by atoms with Gasteiger partial charge in [0.05, 0.1) is 11.7 Å². The normalized spacial score (nSPS) is 15.4. The minimum absolute atomic E-state index is 0.242. The Labute approximate surface area is 191 Å². The summed E-state index contributed by atoms with van der Waals surface area (Å²) < 4.78 is 14.6. The van der Waals surface area contributed by atoms with Crippen molar-refractivity contribution in [2.45, 2.75) is 25.6 Å². The summed E-state index contributed by atoms with van der Waals surface area (Å²) in [5, 5.41) is 2.17. The van der Waals surface area contributed by atoms with Gasteiger partial charge in [-0.25, -0.2) is 9.37 Å². The number of thiophene rings is 1. The van der Waals surface area contributed by atoms with Crippen LogP contribution in [-0.2, 0) is 29.1 Å². The molecule has 4 aromatic rings. The van der Waals surface area contributed by atoms with Gasteiger partial charge >= 0.3 is 0 Å². The Morgan fingerprint density at radius 3 is 2.58 bits per heavy atom. The summed E-state index contributed by atoms with van der Waals surface area (Å²) in [7, 11) is 0. The molecule has 0 bridgehead atoms. The van der Waals surface area contributed by atoms with Crippen LogP contribution >= 0.6 is 11.3 Å². The van der Waals surface area contributed by atoms with E-state index in [1.165, 1.54) is 39.3 Å². The number of nitrogens with zero attached hydrogens (tertiary/aromatic N) is 3. The predicted octanol–water partition coefficient (Wildman–Crippen LogP) is 2.70. The summed E-state index contributed by atoms with van der Waals surface area (Å²) in [5.74, 6) is -1.35. The third-order valence-corrected chi connectivity index (χ3v) is 6.81. The van der Waals surface area contributed by atoms with Crippen molar-refractivity contribution in [1.82, 2.24) is 14.5 Å². The lowest BCUT2D eigenvalue weighted by Gasteiger charge is -2.35. The minimum atomic E-state index is -0.782. The molecule has 166 valence electrons. The van der Waals surface area contributed by atoms with E-state index in [1.807, 2.05) is 24.3 Å². The molecule has 2 amide bonds. The number of amides is 2. The maximum atomic E-state index is 13.3. The second kappa shape index (κ2) is 8.25. The van der Waals surface area contributed by atoms with Crippen LogP contribution in [0.3, 0.4) is 0 Å². The van der Waals surface area contributed by atoms with Gasteiger partial charge in [0.2, 0.25) is 11.8 Å². The zero-order chi connectivity index (χ0) is 23.1. The van der Waals surface area contributed by atoms with E-state index in [4.69, 9.17) is 5.73 Å². The number of carbonyl (C=O) groups excluding carboxylic acids is 2. The highest BCUT2D eigenvalue weighted by molar-refractivity contribution is 7.17. The zero-order valence-corrected chi connectivity index (χ0v) is 18.2. The van der Waals surface area contributed by atoms with Crippen molar-refractivity contribution in [3.63, 3.8) is 0 Å². The molecule has 5 rings (SSSR count). The van der Waals surface area contributed by atoms with Gasteiger partial charge in [0.15, 0.2) is 0 Å².